The average molecular weight is 692 g/mol. The molecule has 0 bridgehead atoms. The molecule has 0 aliphatic rings. The molecular formula is C36H41N3O11. The van der Waals surface area contributed by atoms with E-state index in [2.05, 4.69) is 16.8 Å². The van der Waals surface area contributed by atoms with Crippen LogP contribution in [-0.2, 0) is 39.8 Å². The molecule has 0 amide bonds. The second-order valence-electron chi connectivity index (χ2n) is 11.3. The molecule has 0 radical (unpaired) electrons. The number of nitrogens with zero attached hydrogens (tertiary/aromatic N) is 2. The molecule has 0 saturated heterocycles. The smallest absolute Gasteiger partial charge is 0.333 e. The van der Waals surface area contributed by atoms with Gasteiger partial charge in [0.15, 0.2) is 19.4 Å². The first-order valence-corrected chi connectivity index (χ1v) is 15.6. The number of para-hydroxylation sites is 1. The summed E-state index contributed by atoms with van der Waals surface area (Å²) < 4.78 is 31.7. The van der Waals surface area contributed by atoms with E-state index in [0.717, 1.165) is 5.56 Å². The van der Waals surface area contributed by atoms with Crippen molar-refractivity contribution in [3.8, 4) is 11.5 Å². The van der Waals surface area contributed by atoms with Crippen molar-refractivity contribution in [3.05, 3.63) is 90.0 Å². The average Bonchev–Trinajstić information content (AvgIpc) is 3.08. The van der Waals surface area contributed by atoms with Crippen molar-refractivity contribution in [1.82, 2.24) is 0 Å². The van der Waals surface area contributed by atoms with Gasteiger partial charge in [0.05, 0.1) is 25.1 Å². The number of hydrogen-bond donors (Lipinski definition) is 2. The van der Waals surface area contributed by atoms with E-state index in [4.69, 9.17) is 34.2 Å². The molecule has 3 aromatic carbocycles. The summed E-state index contributed by atoms with van der Waals surface area (Å²) >= 11 is 0. The zero-order chi connectivity index (χ0) is 36.5. The largest absolute Gasteiger partial charge is 0.490 e. The molecule has 3 rings (SSSR count). The molecule has 0 heterocycles. The van der Waals surface area contributed by atoms with Crippen molar-refractivity contribution in [2.75, 3.05) is 39.1 Å². The first kappa shape index (κ1) is 38.8. The fraction of sp³-hybridized carbons (Fsp3) is 0.333. The Morgan fingerprint density at radius 1 is 0.800 bits per heavy atom. The number of carbonyl (C=O) groups is 4. The monoisotopic (exact) mass is 691 g/mol. The minimum Gasteiger partial charge on any atom is -0.490 e. The van der Waals surface area contributed by atoms with E-state index < -0.39 is 36.1 Å². The molecule has 0 aliphatic heterocycles. The molecule has 3 N–H and O–H groups in total. The number of ketones is 1. The number of nitrogens with two attached hydrogens (primary N) is 1. The maximum Gasteiger partial charge on any atom is 0.333 e. The number of azo groups is 1. The fourth-order valence-corrected chi connectivity index (χ4v) is 3.96. The summed E-state index contributed by atoms with van der Waals surface area (Å²) in [7, 11) is 0. The Balaban J connectivity index is 1.37. The van der Waals surface area contributed by atoms with E-state index in [9.17, 15) is 24.3 Å². The Hall–Kier alpha value is -5.60. The van der Waals surface area contributed by atoms with E-state index in [-0.39, 0.29) is 39.5 Å². The number of aliphatic hydroxyl groups is 1. The van der Waals surface area contributed by atoms with Crippen molar-refractivity contribution in [2.45, 2.75) is 45.6 Å². The highest BCUT2D eigenvalue weighted by atomic mass is 16.7. The van der Waals surface area contributed by atoms with Crippen LogP contribution < -0.4 is 15.2 Å². The predicted molar refractivity (Wildman–Crippen MR) is 181 cm³/mol. The van der Waals surface area contributed by atoms with Crippen LogP contribution in [0.4, 0.5) is 17.1 Å². The molecule has 266 valence electrons. The molecular weight excluding hydrogens is 650 g/mol. The molecule has 0 atom stereocenters. The van der Waals surface area contributed by atoms with Gasteiger partial charge >= 0.3 is 17.9 Å². The van der Waals surface area contributed by atoms with E-state index in [1.165, 1.54) is 26.0 Å². The number of Topliss-reactive ketones (excluding diaryl/α,β-unsaturated/α-hetero) is 1. The van der Waals surface area contributed by atoms with Gasteiger partial charge in [-0.05, 0) is 74.9 Å². The van der Waals surface area contributed by atoms with Crippen molar-refractivity contribution in [3.63, 3.8) is 0 Å². The maximum absolute atomic E-state index is 12.1. The molecule has 0 saturated carbocycles. The van der Waals surface area contributed by atoms with Crippen LogP contribution in [0.15, 0.2) is 89.1 Å². The topological polar surface area (TPSA) is 195 Å². The van der Waals surface area contributed by atoms with Crippen LogP contribution in [0.2, 0.25) is 0 Å². The van der Waals surface area contributed by atoms with Gasteiger partial charge in [-0.3, -0.25) is 14.4 Å². The molecule has 0 spiro atoms. The van der Waals surface area contributed by atoms with Crippen LogP contribution in [0.25, 0.3) is 0 Å². The number of benzene rings is 3. The second-order valence-corrected chi connectivity index (χ2v) is 11.3. The Morgan fingerprint density at radius 3 is 2.16 bits per heavy atom. The van der Waals surface area contributed by atoms with E-state index >= 15 is 0 Å². The quantitative estimate of drug-likeness (QED) is 0.0219. The lowest BCUT2D eigenvalue weighted by Crippen LogP contribution is -2.30. The second kappa shape index (κ2) is 19.4. The third kappa shape index (κ3) is 13.5. The van der Waals surface area contributed by atoms with Gasteiger partial charge in [0, 0.05) is 17.6 Å². The Kier molecular flexibility index (Phi) is 15.1. The lowest BCUT2D eigenvalue weighted by molar-refractivity contribution is -0.164. The van der Waals surface area contributed by atoms with Crippen LogP contribution in [0, 0.1) is 0 Å². The van der Waals surface area contributed by atoms with Gasteiger partial charge in [-0.25, -0.2) is 4.79 Å². The zero-order valence-corrected chi connectivity index (χ0v) is 28.2. The minimum atomic E-state index is -1.48. The van der Waals surface area contributed by atoms with Gasteiger partial charge in [0.1, 0.15) is 41.7 Å². The normalized spacial score (nSPS) is 11.1. The van der Waals surface area contributed by atoms with Crippen LogP contribution in [0.1, 0.15) is 49.5 Å². The summed E-state index contributed by atoms with van der Waals surface area (Å²) in [6.45, 7) is 7.37. The molecule has 50 heavy (non-hydrogen) atoms. The summed E-state index contributed by atoms with van der Waals surface area (Å²) in [6, 6.07) is 18.3. The maximum atomic E-state index is 12.1. The zero-order valence-electron chi connectivity index (χ0n) is 28.2. The van der Waals surface area contributed by atoms with Crippen LogP contribution in [-0.4, -0.2) is 67.8 Å². The van der Waals surface area contributed by atoms with E-state index in [1.807, 2.05) is 0 Å². The van der Waals surface area contributed by atoms with Gasteiger partial charge in [-0.15, -0.1) is 10.2 Å². The van der Waals surface area contributed by atoms with Gasteiger partial charge in [0.25, 0.3) is 0 Å². The molecule has 14 nitrogen and oxygen atoms in total. The molecule has 14 heteroatoms. The Labute approximate surface area is 289 Å². The highest BCUT2D eigenvalue weighted by Gasteiger charge is 2.25. The first-order chi connectivity index (χ1) is 23.8. The SMILES string of the molecule is C=C(C)C(=O)OCCc1ccc(OCOCOC(=O)CCC(=O)OCCOc2ccc(C(=O)C(C)(C)O)cc2)c(N=Nc2ccccc2N)c1. The number of nitrogen functional groups attached to an aromatic ring is 1. The number of anilines is 1. The van der Waals surface area contributed by atoms with Crippen LogP contribution in [0.5, 0.6) is 11.5 Å². The number of rotatable bonds is 20. The van der Waals surface area contributed by atoms with Crippen molar-refractivity contribution >= 4 is 40.8 Å². The standard InChI is InChI=1S/C36H41N3O11/c1-24(2)35(43)48-18-17-25-9-14-31(30(21-25)39-38-29-8-6-5-7-28(29)37)49-22-45-23-50-33(41)16-15-32(40)47-20-19-46-27-12-10-26(11-13-27)34(42)36(3,4)44/h5-14,21,44H,1,15-20,22-23,37H2,2-4H3. The predicted octanol–water partition coefficient (Wildman–Crippen LogP) is 5.56. The number of ether oxygens (including phenoxy) is 6. The lowest BCUT2D eigenvalue weighted by Gasteiger charge is -2.15. The highest BCUT2D eigenvalue weighted by Crippen LogP contribution is 2.32. The van der Waals surface area contributed by atoms with E-state index in [0.29, 0.717) is 46.1 Å². The van der Waals surface area contributed by atoms with Gasteiger partial charge < -0.3 is 39.3 Å². The summed E-state index contributed by atoms with van der Waals surface area (Å²) in [5, 5.41) is 18.3. The first-order valence-electron chi connectivity index (χ1n) is 15.6. The summed E-state index contributed by atoms with van der Waals surface area (Å²) in [5.74, 6) is -1.41. The Morgan fingerprint density at radius 2 is 1.48 bits per heavy atom. The molecule has 0 fully saturated rings. The highest BCUT2D eigenvalue weighted by molar-refractivity contribution is 6.01. The van der Waals surface area contributed by atoms with Gasteiger partial charge in [0.2, 0.25) is 0 Å². The minimum absolute atomic E-state index is 0.0532. The summed E-state index contributed by atoms with van der Waals surface area (Å²) in [6.07, 6.45) is -0.0217. The van der Waals surface area contributed by atoms with Gasteiger partial charge in [-0.2, -0.15) is 0 Å². The molecule has 0 unspecified atom stereocenters. The molecule has 0 aliphatic carbocycles. The van der Waals surface area contributed by atoms with E-state index in [1.54, 1.807) is 61.5 Å². The molecule has 3 aromatic rings. The fourth-order valence-electron chi connectivity index (χ4n) is 3.96. The van der Waals surface area contributed by atoms with Crippen molar-refractivity contribution in [2.24, 2.45) is 10.2 Å². The Bertz CT molecular complexity index is 1660. The summed E-state index contributed by atoms with van der Waals surface area (Å²) in [4.78, 5) is 47.8. The van der Waals surface area contributed by atoms with Crippen LogP contribution >= 0.6 is 0 Å². The molecule has 0 aromatic heterocycles. The third-order valence-electron chi connectivity index (χ3n) is 6.62. The third-order valence-corrected chi connectivity index (χ3v) is 6.62. The van der Waals surface area contributed by atoms with Gasteiger partial charge in [-0.1, -0.05) is 24.8 Å². The number of carbonyl (C=O) groups excluding carboxylic acids is 4. The lowest BCUT2D eigenvalue weighted by atomic mass is 9.97. The van der Waals surface area contributed by atoms with Crippen LogP contribution in [0.3, 0.4) is 0 Å². The van der Waals surface area contributed by atoms with Crippen molar-refractivity contribution < 1.29 is 52.7 Å². The number of hydrogen-bond acceptors (Lipinski definition) is 14. The summed E-state index contributed by atoms with van der Waals surface area (Å²) in [5.41, 5.74) is 7.19. The van der Waals surface area contributed by atoms with Crippen molar-refractivity contribution in [1.29, 1.82) is 0 Å². The number of esters is 3.